The summed E-state index contributed by atoms with van der Waals surface area (Å²) in [6.45, 7) is 0.220. The smallest absolute Gasteiger partial charge is 0.328 e. The fraction of sp³-hybridized carbons (Fsp3) is 0.450. The molecule has 1 atom stereocenters. The lowest BCUT2D eigenvalue weighted by Crippen LogP contribution is -2.43. The van der Waals surface area contributed by atoms with Crippen molar-refractivity contribution in [2.45, 2.75) is 56.7 Å². The first-order chi connectivity index (χ1) is 13.0. The van der Waals surface area contributed by atoms with Gasteiger partial charge in [-0.25, -0.2) is 4.79 Å². The number of fused-ring (bicyclic) bond motifs is 1. The molecular formula is C20H23N3O4. The maximum atomic E-state index is 12.5. The number of para-hydroxylation sites is 1. The van der Waals surface area contributed by atoms with Gasteiger partial charge in [-0.05, 0) is 31.7 Å². The van der Waals surface area contributed by atoms with Crippen molar-refractivity contribution < 1.29 is 9.53 Å². The lowest BCUT2D eigenvalue weighted by molar-refractivity contribution is -0.122. The van der Waals surface area contributed by atoms with Crippen LogP contribution < -0.4 is 21.3 Å². The summed E-state index contributed by atoms with van der Waals surface area (Å²) < 4.78 is 7.65. The van der Waals surface area contributed by atoms with E-state index < -0.39 is 11.2 Å². The van der Waals surface area contributed by atoms with Crippen LogP contribution in [-0.4, -0.2) is 21.1 Å². The highest BCUT2D eigenvalue weighted by molar-refractivity contribution is 5.76. The molecule has 1 aromatic carbocycles. The van der Waals surface area contributed by atoms with E-state index in [4.69, 9.17) is 4.74 Å². The number of hydrogen-bond donors (Lipinski definition) is 2. The molecular weight excluding hydrogens is 346 g/mol. The van der Waals surface area contributed by atoms with Crippen LogP contribution >= 0.6 is 0 Å². The largest absolute Gasteiger partial charge is 0.487 e. The molecule has 1 saturated carbocycles. The Morgan fingerprint density at radius 1 is 1.22 bits per heavy atom. The van der Waals surface area contributed by atoms with E-state index in [2.05, 4.69) is 10.3 Å². The summed E-state index contributed by atoms with van der Waals surface area (Å²) in [6, 6.07) is 9.05. The number of amides is 1. The molecule has 2 N–H and O–H groups in total. The highest BCUT2D eigenvalue weighted by Crippen LogP contribution is 2.46. The molecule has 2 heterocycles. The first-order valence-electron chi connectivity index (χ1n) is 9.42. The van der Waals surface area contributed by atoms with Gasteiger partial charge in [0.15, 0.2) is 0 Å². The molecule has 1 aliphatic carbocycles. The Bertz CT molecular complexity index is 956. The van der Waals surface area contributed by atoms with Gasteiger partial charge in [0.05, 0.1) is 6.04 Å². The predicted octanol–water partition coefficient (Wildman–Crippen LogP) is 1.88. The second-order valence-corrected chi connectivity index (χ2v) is 7.41. The first kappa shape index (κ1) is 17.6. The molecule has 7 heteroatoms. The van der Waals surface area contributed by atoms with E-state index in [1.807, 2.05) is 24.3 Å². The molecule has 27 heavy (non-hydrogen) atoms. The molecule has 1 spiro atoms. The van der Waals surface area contributed by atoms with Gasteiger partial charge in [-0.2, -0.15) is 0 Å². The monoisotopic (exact) mass is 369 g/mol. The van der Waals surface area contributed by atoms with Crippen molar-refractivity contribution in [3.63, 3.8) is 0 Å². The number of H-pyrrole nitrogens is 1. The van der Waals surface area contributed by atoms with Crippen molar-refractivity contribution in [1.82, 2.24) is 14.9 Å². The standard InChI is InChI=1S/C20H23N3O4/c24-17(7-11-23-12-8-18(25)22-19(23)26)21-15-13-20(9-3-4-10-20)27-16-6-2-1-5-14(15)16/h1-2,5-6,8,12,15H,3-4,7,9-11,13H2,(H,21,24)(H,22,25,26)/t15-/m1/s1. The Balaban J connectivity index is 1.46. The zero-order valence-electron chi connectivity index (χ0n) is 15.1. The molecule has 1 aromatic heterocycles. The van der Waals surface area contributed by atoms with Gasteiger partial charge in [-0.3, -0.25) is 14.6 Å². The number of ether oxygens (including phenoxy) is 1. The first-order valence-corrected chi connectivity index (χ1v) is 9.42. The van der Waals surface area contributed by atoms with E-state index in [9.17, 15) is 14.4 Å². The molecule has 7 nitrogen and oxygen atoms in total. The van der Waals surface area contributed by atoms with Crippen LogP contribution in [0.4, 0.5) is 0 Å². The van der Waals surface area contributed by atoms with E-state index in [0.717, 1.165) is 43.4 Å². The van der Waals surface area contributed by atoms with Gasteiger partial charge < -0.3 is 14.6 Å². The van der Waals surface area contributed by atoms with E-state index >= 15 is 0 Å². The minimum absolute atomic E-state index is 0.0900. The van der Waals surface area contributed by atoms with Crippen molar-refractivity contribution in [3.05, 3.63) is 62.9 Å². The zero-order valence-corrected chi connectivity index (χ0v) is 15.1. The summed E-state index contributed by atoms with van der Waals surface area (Å²) >= 11 is 0. The fourth-order valence-corrected chi connectivity index (χ4v) is 4.18. The Hall–Kier alpha value is -2.83. The van der Waals surface area contributed by atoms with Crippen LogP contribution in [0.1, 0.15) is 50.1 Å². The molecule has 1 aliphatic heterocycles. The molecule has 2 aromatic rings. The normalized spacial score (nSPS) is 20.1. The van der Waals surface area contributed by atoms with Crippen LogP contribution in [0.2, 0.25) is 0 Å². The quantitative estimate of drug-likeness (QED) is 0.861. The molecule has 2 aliphatic rings. The van der Waals surface area contributed by atoms with Gasteiger partial charge in [0, 0.05) is 37.2 Å². The molecule has 1 fully saturated rings. The van der Waals surface area contributed by atoms with Crippen molar-refractivity contribution in [2.75, 3.05) is 0 Å². The molecule has 0 bridgehead atoms. The number of nitrogens with one attached hydrogen (secondary N) is 2. The average molecular weight is 369 g/mol. The molecule has 0 radical (unpaired) electrons. The molecule has 0 unspecified atom stereocenters. The number of carbonyl (C=O) groups excluding carboxylic acids is 1. The Morgan fingerprint density at radius 3 is 2.78 bits per heavy atom. The van der Waals surface area contributed by atoms with Gasteiger partial charge in [-0.1, -0.05) is 18.2 Å². The van der Waals surface area contributed by atoms with Crippen LogP contribution in [0.15, 0.2) is 46.1 Å². The Labute approximate surface area is 156 Å². The summed E-state index contributed by atoms with van der Waals surface area (Å²) in [6.07, 6.45) is 6.68. The number of rotatable bonds is 4. The second kappa shape index (κ2) is 7.06. The number of hydrogen-bond acceptors (Lipinski definition) is 4. The number of carbonyl (C=O) groups is 1. The summed E-state index contributed by atoms with van der Waals surface area (Å²) in [5.74, 6) is 0.732. The molecule has 0 saturated heterocycles. The topological polar surface area (TPSA) is 93.2 Å². The van der Waals surface area contributed by atoms with Crippen LogP contribution in [0, 0.1) is 0 Å². The Morgan fingerprint density at radius 2 is 2.00 bits per heavy atom. The van der Waals surface area contributed by atoms with Crippen LogP contribution in [-0.2, 0) is 11.3 Å². The second-order valence-electron chi connectivity index (χ2n) is 7.41. The number of aromatic amines is 1. The third-order valence-corrected chi connectivity index (χ3v) is 5.52. The van der Waals surface area contributed by atoms with E-state index in [-0.39, 0.29) is 30.5 Å². The minimum Gasteiger partial charge on any atom is -0.487 e. The predicted molar refractivity (Wildman–Crippen MR) is 99.7 cm³/mol. The van der Waals surface area contributed by atoms with Crippen molar-refractivity contribution >= 4 is 5.91 Å². The number of benzene rings is 1. The van der Waals surface area contributed by atoms with Gasteiger partial charge in [0.2, 0.25) is 5.91 Å². The minimum atomic E-state index is -0.503. The molecule has 1 amide bonds. The van der Waals surface area contributed by atoms with Crippen molar-refractivity contribution in [3.8, 4) is 5.75 Å². The molecule has 142 valence electrons. The van der Waals surface area contributed by atoms with Crippen LogP contribution in [0.5, 0.6) is 5.75 Å². The number of aromatic nitrogens is 2. The number of nitrogens with zero attached hydrogens (tertiary/aromatic N) is 1. The zero-order chi connectivity index (χ0) is 18.9. The Kier molecular flexibility index (Phi) is 4.59. The third kappa shape index (κ3) is 3.67. The lowest BCUT2D eigenvalue weighted by atomic mass is 9.86. The van der Waals surface area contributed by atoms with Crippen molar-refractivity contribution in [1.29, 1.82) is 0 Å². The van der Waals surface area contributed by atoms with E-state index in [0.29, 0.717) is 0 Å². The van der Waals surface area contributed by atoms with E-state index in [1.54, 1.807) is 0 Å². The highest BCUT2D eigenvalue weighted by atomic mass is 16.5. The van der Waals surface area contributed by atoms with Crippen molar-refractivity contribution in [2.24, 2.45) is 0 Å². The average Bonchev–Trinajstić information content (AvgIpc) is 3.08. The van der Waals surface area contributed by atoms with Crippen LogP contribution in [0.25, 0.3) is 0 Å². The van der Waals surface area contributed by atoms with Gasteiger partial charge in [-0.15, -0.1) is 0 Å². The molecule has 4 rings (SSSR count). The van der Waals surface area contributed by atoms with Gasteiger partial charge in [0.25, 0.3) is 5.56 Å². The maximum absolute atomic E-state index is 12.5. The van der Waals surface area contributed by atoms with E-state index in [1.165, 1.54) is 16.8 Å². The highest BCUT2D eigenvalue weighted by Gasteiger charge is 2.43. The SMILES string of the molecule is O=C(CCn1ccc(=O)[nH]c1=O)N[C@@H]1CC2(CCCC2)Oc2ccccc21. The van der Waals surface area contributed by atoms with Gasteiger partial charge in [0.1, 0.15) is 11.4 Å². The maximum Gasteiger partial charge on any atom is 0.328 e. The van der Waals surface area contributed by atoms with Crippen LogP contribution in [0.3, 0.4) is 0 Å². The van der Waals surface area contributed by atoms with Gasteiger partial charge >= 0.3 is 5.69 Å². The summed E-state index contributed by atoms with van der Waals surface area (Å²) in [5.41, 5.74) is -0.120. The summed E-state index contributed by atoms with van der Waals surface area (Å²) in [4.78, 5) is 37.6. The third-order valence-electron chi connectivity index (χ3n) is 5.52. The lowest BCUT2D eigenvalue weighted by Gasteiger charge is -2.40. The fourth-order valence-electron chi connectivity index (χ4n) is 4.18. The summed E-state index contributed by atoms with van der Waals surface area (Å²) in [7, 11) is 0. The number of aryl methyl sites for hydroxylation is 1. The summed E-state index contributed by atoms with van der Waals surface area (Å²) in [5, 5.41) is 3.12.